The SMILES string of the molecule is CC(/C=C(N=CSCCCC=O)/C(/C=C(/F)C=O)=C/N(C)Cc1ccc2c(c1)OCO2)=N/O.CN(c1ccccc1)C1CC1. The third kappa shape index (κ3) is 11.7. The van der Waals surface area contributed by atoms with Crippen LogP contribution in [0, 0.1) is 0 Å². The molecule has 2 aromatic rings. The second-order valence-electron chi connectivity index (χ2n) is 10.2. The average Bonchev–Trinajstić information content (AvgIpc) is 3.79. The number of rotatable bonds is 15. The molecule has 1 saturated carbocycles. The highest BCUT2D eigenvalue weighted by atomic mass is 32.2. The minimum Gasteiger partial charge on any atom is -0.454 e. The zero-order chi connectivity index (χ0) is 31.7. The van der Waals surface area contributed by atoms with E-state index in [0.29, 0.717) is 47.9 Å². The first-order valence-electron chi connectivity index (χ1n) is 14.2. The van der Waals surface area contributed by atoms with E-state index >= 15 is 0 Å². The molecule has 1 aliphatic heterocycles. The first-order chi connectivity index (χ1) is 21.3. The van der Waals surface area contributed by atoms with Crippen LogP contribution in [-0.2, 0) is 16.1 Å². The van der Waals surface area contributed by atoms with Crippen molar-refractivity contribution in [2.24, 2.45) is 10.1 Å². The molecule has 1 heterocycles. The second-order valence-corrected chi connectivity index (χ2v) is 11.1. The number of para-hydroxylation sites is 1. The highest BCUT2D eigenvalue weighted by Crippen LogP contribution is 2.33. The Balaban J connectivity index is 0.000000397. The number of anilines is 1. The highest BCUT2D eigenvalue weighted by Gasteiger charge is 2.26. The fourth-order valence-electron chi connectivity index (χ4n) is 4.12. The van der Waals surface area contributed by atoms with Gasteiger partial charge in [0.1, 0.15) is 6.29 Å². The van der Waals surface area contributed by atoms with Crippen molar-refractivity contribution in [1.82, 2.24) is 4.90 Å². The largest absolute Gasteiger partial charge is 0.454 e. The number of carbonyl (C=O) groups excluding carboxylic acids is 2. The molecule has 0 radical (unpaired) electrons. The number of thioether (sulfide) groups is 1. The van der Waals surface area contributed by atoms with Gasteiger partial charge in [-0.3, -0.25) is 4.79 Å². The van der Waals surface area contributed by atoms with Crippen LogP contribution in [0.15, 0.2) is 94.1 Å². The summed E-state index contributed by atoms with van der Waals surface area (Å²) in [5, 5.41) is 12.2. The first kappa shape index (κ1) is 34.1. The Morgan fingerprint density at radius 2 is 1.84 bits per heavy atom. The lowest BCUT2D eigenvalue weighted by Gasteiger charge is -2.17. The van der Waals surface area contributed by atoms with Crippen LogP contribution in [-0.4, -0.2) is 66.6 Å². The summed E-state index contributed by atoms with van der Waals surface area (Å²) in [6, 6.07) is 17.0. The first-order valence-corrected chi connectivity index (χ1v) is 15.3. The van der Waals surface area contributed by atoms with E-state index in [4.69, 9.17) is 14.7 Å². The number of nitrogens with zero attached hydrogens (tertiary/aromatic N) is 4. The third-order valence-electron chi connectivity index (χ3n) is 6.54. The van der Waals surface area contributed by atoms with Crippen LogP contribution < -0.4 is 14.4 Å². The number of hydrogen-bond acceptors (Lipinski definition) is 10. The molecule has 2 aliphatic rings. The van der Waals surface area contributed by atoms with E-state index in [-0.39, 0.29) is 18.8 Å². The summed E-state index contributed by atoms with van der Waals surface area (Å²) in [6.07, 6.45) is 9.03. The number of halogens is 1. The van der Waals surface area contributed by atoms with E-state index in [1.165, 1.54) is 36.4 Å². The van der Waals surface area contributed by atoms with Gasteiger partial charge in [-0.2, -0.15) is 0 Å². The molecule has 234 valence electrons. The van der Waals surface area contributed by atoms with Crippen molar-refractivity contribution < 1.29 is 28.7 Å². The molecule has 0 aromatic heterocycles. The molecule has 2 aromatic carbocycles. The van der Waals surface area contributed by atoms with Gasteiger partial charge in [-0.15, -0.1) is 11.8 Å². The maximum Gasteiger partial charge on any atom is 0.231 e. The van der Waals surface area contributed by atoms with Crippen molar-refractivity contribution in [3.05, 3.63) is 89.5 Å². The molecule has 1 N–H and O–H groups in total. The minimum absolute atomic E-state index is 0.105. The van der Waals surface area contributed by atoms with Crippen LogP contribution >= 0.6 is 11.8 Å². The van der Waals surface area contributed by atoms with Crippen LogP contribution in [0.2, 0.25) is 0 Å². The summed E-state index contributed by atoms with van der Waals surface area (Å²) in [4.78, 5) is 29.9. The van der Waals surface area contributed by atoms with Crippen LogP contribution in [0.25, 0.3) is 0 Å². The number of hydrogen-bond donors (Lipinski definition) is 1. The molecular formula is C33H39FN4O5S. The summed E-state index contributed by atoms with van der Waals surface area (Å²) < 4.78 is 24.6. The molecule has 0 unspecified atom stereocenters. The van der Waals surface area contributed by atoms with Crippen LogP contribution in [0.5, 0.6) is 11.5 Å². The summed E-state index contributed by atoms with van der Waals surface area (Å²) in [5.74, 6) is 1.04. The zero-order valence-corrected chi connectivity index (χ0v) is 26.1. The predicted octanol–water partition coefficient (Wildman–Crippen LogP) is 6.54. The van der Waals surface area contributed by atoms with Crippen molar-refractivity contribution in [2.75, 3.05) is 31.5 Å². The van der Waals surface area contributed by atoms with Gasteiger partial charge in [0, 0.05) is 50.6 Å². The zero-order valence-electron chi connectivity index (χ0n) is 25.3. The van der Waals surface area contributed by atoms with Gasteiger partial charge < -0.3 is 29.3 Å². The summed E-state index contributed by atoms with van der Waals surface area (Å²) >= 11 is 1.39. The quantitative estimate of drug-likeness (QED) is 0.0349. The van der Waals surface area contributed by atoms with Gasteiger partial charge in [-0.25, -0.2) is 9.38 Å². The number of aliphatic imine (C=N–C) groups is 1. The average molecular weight is 623 g/mol. The molecule has 1 fully saturated rings. The van der Waals surface area contributed by atoms with Crippen molar-refractivity contribution in [3.8, 4) is 11.5 Å². The minimum atomic E-state index is -0.976. The number of fused-ring (bicyclic) bond motifs is 1. The highest BCUT2D eigenvalue weighted by molar-refractivity contribution is 8.12. The molecule has 0 atom stereocenters. The monoisotopic (exact) mass is 622 g/mol. The second kappa shape index (κ2) is 18.3. The maximum absolute atomic E-state index is 13.9. The molecule has 0 saturated heterocycles. The molecule has 0 spiro atoms. The Morgan fingerprint density at radius 3 is 2.52 bits per heavy atom. The Hall–Kier alpha value is -4.38. The van der Waals surface area contributed by atoms with Crippen LogP contribution in [0.4, 0.5) is 10.1 Å². The van der Waals surface area contributed by atoms with E-state index < -0.39 is 5.83 Å². The molecule has 0 bridgehead atoms. The van der Waals surface area contributed by atoms with Gasteiger partial charge in [-0.05, 0) is 73.9 Å². The van der Waals surface area contributed by atoms with Crippen LogP contribution in [0.3, 0.4) is 0 Å². The standard InChI is InChI=1S/C23H26FN3O5S.C10H13N/c1-17(26-30)9-21(25-15-33-8-4-3-7-28)19(11-20(24)14-29)13-27(2)12-18-5-6-22-23(10-18)32-16-31-22;1-11(10-7-8-10)9-5-3-2-4-6-9/h5-7,9-11,13-15,30H,3-4,8,12,16H2,1-2H3;2-6,10H,7-8H2,1H3/b19-13+,20-11+,21-9-,25-15?,26-17-;. The van der Waals surface area contributed by atoms with Crippen molar-refractivity contribution >= 4 is 41.3 Å². The topological polar surface area (TPSA) is 104 Å². The number of carbonyl (C=O) groups is 2. The Labute approximate surface area is 262 Å². The smallest absolute Gasteiger partial charge is 0.231 e. The van der Waals surface area contributed by atoms with Gasteiger partial charge >= 0.3 is 0 Å². The van der Waals surface area contributed by atoms with E-state index in [1.54, 1.807) is 30.6 Å². The Bertz CT molecular complexity index is 1390. The van der Waals surface area contributed by atoms with E-state index in [0.717, 1.165) is 24.0 Å². The number of benzene rings is 2. The van der Waals surface area contributed by atoms with Gasteiger partial charge in [-0.1, -0.05) is 29.4 Å². The third-order valence-corrected chi connectivity index (χ3v) is 7.32. The summed E-state index contributed by atoms with van der Waals surface area (Å²) in [5.41, 5.74) is 4.69. The number of ether oxygens (including phenoxy) is 2. The van der Waals surface area contributed by atoms with Crippen molar-refractivity contribution in [1.29, 1.82) is 0 Å². The predicted molar refractivity (Wildman–Crippen MR) is 174 cm³/mol. The lowest BCUT2D eigenvalue weighted by atomic mass is 10.1. The molecular weight excluding hydrogens is 583 g/mol. The van der Waals surface area contributed by atoms with Crippen LogP contribution in [0.1, 0.15) is 38.2 Å². The summed E-state index contributed by atoms with van der Waals surface area (Å²) in [7, 11) is 3.97. The Morgan fingerprint density at radius 1 is 1.09 bits per heavy atom. The molecule has 0 amide bonds. The molecule has 1 aliphatic carbocycles. The number of oxime groups is 1. The number of unbranched alkanes of at least 4 members (excludes halogenated alkanes) is 1. The van der Waals surface area contributed by atoms with Gasteiger partial charge in [0.25, 0.3) is 0 Å². The lowest BCUT2D eigenvalue weighted by Crippen LogP contribution is -2.18. The van der Waals surface area contributed by atoms with E-state index in [9.17, 15) is 14.0 Å². The van der Waals surface area contributed by atoms with Gasteiger partial charge in [0.2, 0.25) is 6.79 Å². The lowest BCUT2D eigenvalue weighted by molar-refractivity contribution is -0.108. The molecule has 9 nitrogen and oxygen atoms in total. The molecule has 4 rings (SSSR count). The molecule has 11 heteroatoms. The normalized spacial score (nSPS) is 15.1. The fourth-order valence-corrected chi connectivity index (χ4v) is 4.75. The maximum atomic E-state index is 13.9. The Kier molecular flexibility index (Phi) is 14.2. The summed E-state index contributed by atoms with van der Waals surface area (Å²) in [6.45, 7) is 2.20. The van der Waals surface area contributed by atoms with Gasteiger partial charge in [0.15, 0.2) is 23.6 Å². The van der Waals surface area contributed by atoms with Crippen molar-refractivity contribution in [2.45, 2.75) is 45.2 Å². The fraction of sp³-hybridized carbons (Fsp3) is 0.333. The molecule has 44 heavy (non-hydrogen) atoms. The van der Waals surface area contributed by atoms with E-state index in [1.807, 2.05) is 18.2 Å². The number of allylic oxidation sites excluding steroid dienone is 3. The van der Waals surface area contributed by atoms with Crippen molar-refractivity contribution in [3.63, 3.8) is 0 Å². The van der Waals surface area contributed by atoms with Gasteiger partial charge in [0.05, 0.1) is 17.0 Å². The van der Waals surface area contributed by atoms with E-state index in [2.05, 4.69) is 52.4 Å². The number of aldehydes is 2.